The molecule has 1 N–H and O–H groups in total. The van der Waals surface area contributed by atoms with Gasteiger partial charge in [-0.25, -0.2) is 9.65 Å². The van der Waals surface area contributed by atoms with Gasteiger partial charge in [0.2, 0.25) is 0 Å². The van der Waals surface area contributed by atoms with E-state index in [0.717, 1.165) is 19.3 Å². The van der Waals surface area contributed by atoms with Crippen LogP contribution < -0.4 is 5.09 Å². The van der Waals surface area contributed by atoms with Crippen molar-refractivity contribution in [1.82, 2.24) is 5.09 Å². The van der Waals surface area contributed by atoms with Crippen molar-refractivity contribution in [2.75, 3.05) is 13.2 Å². The van der Waals surface area contributed by atoms with Crippen molar-refractivity contribution in [3.05, 3.63) is 0 Å². The summed E-state index contributed by atoms with van der Waals surface area (Å²) in [6.45, 7) is 4.42. The van der Waals surface area contributed by atoms with Crippen molar-refractivity contribution in [3.63, 3.8) is 0 Å². The molecule has 0 saturated heterocycles. The lowest BCUT2D eigenvalue weighted by Crippen LogP contribution is -2.38. The van der Waals surface area contributed by atoms with Gasteiger partial charge in [-0.1, -0.05) is 28.8 Å². The van der Waals surface area contributed by atoms with Crippen LogP contribution in [-0.2, 0) is 13.6 Å². The zero-order valence-electron chi connectivity index (χ0n) is 9.95. The van der Waals surface area contributed by atoms with Crippen LogP contribution in [0.2, 0.25) is 0 Å². The fourth-order valence-corrected chi connectivity index (χ4v) is 4.43. The zero-order chi connectivity index (χ0) is 12.0. The molecule has 1 rings (SSSR count). The molecule has 2 unspecified atom stereocenters. The molecular weight excluding hydrogens is 293 g/mol. The van der Waals surface area contributed by atoms with Gasteiger partial charge < -0.3 is 0 Å². The Bertz CT molecular complexity index is 242. The van der Waals surface area contributed by atoms with Crippen LogP contribution in [0.3, 0.4) is 0 Å². The first kappa shape index (κ1) is 14.7. The highest BCUT2D eigenvalue weighted by Gasteiger charge is 2.32. The van der Waals surface area contributed by atoms with Crippen LogP contribution in [0.1, 0.15) is 39.5 Å². The quantitative estimate of drug-likeness (QED) is 0.602. The second-order valence-electron chi connectivity index (χ2n) is 3.87. The van der Waals surface area contributed by atoms with Gasteiger partial charge in [-0.2, -0.15) is 0 Å². The number of nitrogens with one attached hydrogen (secondary N) is 1. The van der Waals surface area contributed by atoms with Gasteiger partial charge in [-0.15, -0.1) is 0 Å². The molecule has 96 valence electrons. The maximum atomic E-state index is 12.3. The molecule has 0 radical (unpaired) electrons. The van der Waals surface area contributed by atoms with E-state index < -0.39 is 7.75 Å². The Kier molecular flexibility index (Phi) is 6.52. The number of rotatable bonds is 6. The molecule has 1 fully saturated rings. The lowest BCUT2D eigenvalue weighted by atomic mass is 9.96. The Morgan fingerprint density at radius 1 is 1.25 bits per heavy atom. The highest BCUT2D eigenvalue weighted by atomic mass is 79.9. The van der Waals surface area contributed by atoms with Crippen molar-refractivity contribution in [1.29, 1.82) is 0 Å². The van der Waals surface area contributed by atoms with E-state index in [0.29, 0.717) is 18.0 Å². The molecule has 0 heterocycles. The van der Waals surface area contributed by atoms with Gasteiger partial charge in [0, 0.05) is 10.9 Å². The molecule has 0 aromatic heterocycles. The molecule has 0 aliphatic heterocycles. The monoisotopic (exact) mass is 313 g/mol. The first-order chi connectivity index (χ1) is 7.61. The third-order valence-corrected chi connectivity index (χ3v) is 5.54. The van der Waals surface area contributed by atoms with Gasteiger partial charge in [0.25, 0.3) is 0 Å². The van der Waals surface area contributed by atoms with Gasteiger partial charge in [0.1, 0.15) is 0 Å². The van der Waals surface area contributed by atoms with Crippen LogP contribution in [-0.4, -0.2) is 24.1 Å². The molecular formula is C10H21BrNO3P. The van der Waals surface area contributed by atoms with E-state index in [2.05, 4.69) is 21.0 Å². The van der Waals surface area contributed by atoms with Gasteiger partial charge in [-0.05, 0) is 26.7 Å². The zero-order valence-corrected chi connectivity index (χ0v) is 12.4. The Labute approximate surface area is 106 Å². The first-order valence-electron chi connectivity index (χ1n) is 5.92. The predicted octanol–water partition coefficient (Wildman–Crippen LogP) is 3.46. The molecule has 0 bridgehead atoms. The number of hydrogen-bond acceptors (Lipinski definition) is 3. The maximum Gasteiger partial charge on any atom is 0.405 e. The lowest BCUT2D eigenvalue weighted by molar-refractivity contribution is 0.203. The van der Waals surface area contributed by atoms with Crippen molar-refractivity contribution in [3.8, 4) is 0 Å². The Balaban J connectivity index is 2.55. The largest absolute Gasteiger partial charge is 0.405 e. The third kappa shape index (κ3) is 4.46. The molecule has 0 aromatic rings. The van der Waals surface area contributed by atoms with E-state index in [1.807, 2.05) is 13.8 Å². The molecule has 0 spiro atoms. The van der Waals surface area contributed by atoms with Crippen molar-refractivity contribution in [2.45, 2.75) is 50.4 Å². The average Bonchev–Trinajstić information content (AvgIpc) is 2.22. The molecule has 4 nitrogen and oxygen atoms in total. The summed E-state index contributed by atoms with van der Waals surface area (Å²) in [4.78, 5) is 0.357. The molecule has 16 heavy (non-hydrogen) atoms. The summed E-state index contributed by atoms with van der Waals surface area (Å²) in [5.74, 6) is 0. The number of hydrogen-bond donors (Lipinski definition) is 1. The van der Waals surface area contributed by atoms with E-state index in [4.69, 9.17) is 9.05 Å². The van der Waals surface area contributed by atoms with Gasteiger partial charge in [0.15, 0.2) is 0 Å². The summed E-state index contributed by atoms with van der Waals surface area (Å²) in [5, 5.41) is 3.05. The molecule has 1 aliphatic carbocycles. The fourth-order valence-electron chi connectivity index (χ4n) is 1.89. The summed E-state index contributed by atoms with van der Waals surface area (Å²) in [5.41, 5.74) is 0. The van der Waals surface area contributed by atoms with Crippen molar-refractivity contribution in [2.24, 2.45) is 0 Å². The normalized spacial score (nSPS) is 26.9. The molecule has 0 amide bonds. The van der Waals surface area contributed by atoms with Crippen LogP contribution in [0, 0.1) is 0 Å². The summed E-state index contributed by atoms with van der Waals surface area (Å²) < 4.78 is 22.7. The predicted molar refractivity (Wildman–Crippen MR) is 69.0 cm³/mol. The Morgan fingerprint density at radius 2 is 1.81 bits per heavy atom. The van der Waals surface area contributed by atoms with Crippen LogP contribution in [0.15, 0.2) is 0 Å². The standard InChI is InChI=1S/C10H21BrNO3P/c1-3-14-16(13,15-4-2)12-10-8-6-5-7-9(10)11/h9-10H,3-8H2,1-2H3,(H,12,13). The fraction of sp³-hybridized carbons (Fsp3) is 1.00. The van der Waals surface area contributed by atoms with E-state index in [9.17, 15) is 4.57 Å². The summed E-state index contributed by atoms with van der Waals surface area (Å²) in [6.07, 6.45) is 4.51. The summed E-state index contributed by atoms with van der Waals surface area (Å²) in [7, 11) is -3.11. The molecule has 6 heteroatoms. The Hall–Kier alpha value is 0.590. The summed E-state index contributed by atoms with van der Waals surface area (Å²) >= 11 is 3.61. The molecule has 1 aliphatic rings. The van der Waals surface area contributed by atoms with Crippen LogP contribution >= 0.6 is 23.7 Å². The van der Waals surface area contributed by atoms with E-state index in [-0.39, 0.29) is 6.04 Å². The second kappa shape index (κ2) is 7.12. The molecule has 2 atom stereocenters. The minimum absolute atomic E-state index is 0.178. The van der Waals surface area contributed by atoms with Crippen LogP contribution in [0.5, 0.6) is 0 Å². The van der Waals surface area contributed by atoms with E-state index in [1.54, 1.807) is 0 Å². The van der Waals surface area contributed by atoms with Crippen molar-refractivity contribution >= 4 is 23.7 Å². The average molecular weight is 314 g/mol. The third-order valence-electron chi connectivity index (χ3n) is 2.60. The lowest BCUT2D eigenvalue weighted by Gasteiger charge is -2.31. The first-order valence-corrected chi connectivity index (χ1v) is 8.38. The van der Waals surface area contributed by atoms with Gasteiger partial charge in [0.05, 0.1) is 13.2 Å². The van der Waals surface area contributed by atoms with Gasteiger partial charge in [-0.3, -0.25) is 9.05 Å². The molecule has 1 saturated carbocycles. The second-order valence-corrected chi connectivity index (χ2v) is 6.81. The highest BCUT2D eigenvalue weighted by molar-refractivity contribution is 9.09. The topological polar surface area (TPSA) is 47.6 Å². The summed E-state index contributed by atoms with van der Waals surface area (Å²) in [6, 6.07) is 0.178. The number of alkyl halides is 1. The van der Waals surface area contributed by atoms with E-state index in [1.165, 1.54) is 6.42 Å². The molecule has 0 aromatic carbocycles. The van der Waals surface area contributed by atoms with Crippen LogP contribution in [0.4, 0.5) is 0 Å². The smallest absolute Gasteiger partial charge is 0.297 e. The van der Waals surface area contributed by atoms with Crippen LogP contribution in [0.25, 0.3) is 0 Å². The number of halogens is 1. The highest BCUT2D eigenvalue weighted by Crippen LogP contribution is 2.45. The van der Waals surface area contributed by atoms with Crippen molar-refractivity contribution < 1.29 is 13.6 Å². The van der Waals surface area contributed by atoms with E-state index >= 15 is 0 Å². The maximum absolute atomic E-state index is 12.3. The SMILES string of the molecule is CCOP(=O)(NC1CCCCC1Br)OCC. The Morgan fingerprint density at radius 3 is 2.31 bits per heavy atom. The minimum atomic E-state index is -3.11. The van der Waals surface area contributed by atoms with Gasteiger partial charge >= 0.3 is 7.75 Å². The minimum Gasteiger partial charge on any atom is -0.297 e.